The van der Waals surface area contributed by atoms with Crippen molar-refractivity contribution in [2.45, 2.75) is 20.8 Å². The molecule has 0 radical (unpaired) electrons. The number of carbonyl (C=O) groups is 2. The monoisotopic (exact) mass is 269 g/mol. The molecule has 0 unspecified atom stereocenters. The third-order valence-electron chi connectivity index (χ3n) is 2.70. The van der Waals surface area contributed by atoms with E-state index in [0.29, 0.717) is 10.7 Å². The van der Waals surface area contributed by atoms with Gasteiger partial charge in [-0.15, -0.1) is 0 Å². The van der Waals surface area contributed by atoms with Crippen molar-refractivity contribution < 1.29 is 14.3 Å². The molecule has 5 heteroatoms. The van der Waals surface area contributed by atoms with Crippen LogP contribution in [-0.4, -0.2) is 19.0 Å². The van der Waals surface area contributed by atoms with Gasteiger partial charge >= 0.3 is 5.97 Å². The van der Waals surface area contributed by atoms with Gasteiger partial charge in [0.05, 0.1) is 7.11 Å². The summed E-state index contributed by atoms with van der Waals surface area (Å²) in [5.41, 5.74) is 0.221. The number of hydrogen-bond acceptors (Lipinski definition) is 3. The molecule has 0 aromatic heterocycles. The molecule has 0 saturated carbocycles. The largest absolute Gasteiger partial charge is 0.468 e. The predicted molar refractivity (Wildman–Crippen MR) is 70.6 cm³/mol. The van der Waals surface area contributed by atoms with Gasteiger partial charge in [-0.2, -0.15) is 0 Å². The molecule has 0 saturated heterocycles. The highest BCUT2D eigenvalue weighted by Crippen LogP contribution is 2.24. The van der Waals surface area contributed by atoms with Crippen molar-refractivity contribution in [2.24, 2.45) is 5.41 Å². The predicted octanol–water partition coefficient (Wildman–Crippen LogP) is 2.79. The second-order valence-electron chi connectivity index (χ2n) is 4.53. The zero-order chi connectivity index (χ0) is 13.9. The van der Waals surface area contributed by atoms with E-state index in [-0.39, 0.29) is 0 Å². The molecular weight excluding hydrogens is 254 g/mol. The van der Waals surface area contributed by atoms with Crippen LogP contribution in [0.1, 0.15) is 19.4 Å². The van der Waals surface area contributed by atoms with Gasteiger partial charge < -0.3 is 10.1 Å². The highest BCUT2D eigenvalue weighted by molar-refractivity contribution is 6.30. The van der Waals surface area contributed by atoms with Crippen molar-refractivity contribution in [2.75, 3.05) is 12.4 Å². The van der Waals surface area contributed by atoms with Crippen LogP contribution in [0.15, 0.2) is 18.2 Å². The Kier molecular flexibility index (Phi) is 4.35. The molecule has 1 aromatic carbocycles. The fraction of sp³-hybridized carbons (Fsp3) is 0.385. The van der Waals surface area contributed by atoms with E-state index in [0.717, 1.165) is 5.56 Å². The molecular formula is C13H16ClNO3. The van der Waals surface area contributed by atoms with E-state index in [1.807, 2.05) is 6.92 Å². The van der Waals surface area contributed by atoms with Crippen molar-refractivity contribution in [1.82, 2.24) is 0 Å². The van der Waals surface area contributed by atoms with Crippen LogP contribution in [0.4, 0.5) is 5.69 Å². The first-order chi connectivity index (χ1) is 8.28. The second-order valence-corrected chi connectivity index (χ2v) is 4.97. The average molecular weight is 270 g/mol. The van der Waals surface area contributed by atoms with E-state index < -0.39 is 17.3 Å². The Morgan fingerprint density at radius 1 is 1.33 bits per heavy atom. The summed E-state index contributed by atoms with van der Waals surface area (Å²) in [6.07, 6.45) is 0. The molecule has 1 amide bonds. The van der Waals surface area contributed by atoms with Gasteiger partial charge in [0.2, 0.25) is 5.91 Å². The van der Waals surface area contributed by atoms with E-state index in [2.05, 4.69) is 10.1 Å². The molecule has 4 nitrogen and oxygen atoms in total. The van der Waals surface area contributed by atoms with Crippen LogP contribution in [0.25, 0.3) is 0 Å². The Morgan fingerprint density at radius 3 is 2.44 bits per heavy atom. The highest BCUT2D eigenvalue weighted by atomic mass is 35.5. The first kappa shape index (κ1) is 14.5. The number of anilines is 1. The number of carbonyl (C=O) groups excluding carboxylic acids is 2. The Hall–Kier alpha value is -1.55. The van der Waals surface area contributed by atoms with Crippen molar-refractivity contribution in [3.63, 3.8) is 0 Å². The number of benzene rings is 1. The summed E-state index contributed by atoms with van der Waals surface area (Å²) < 4.78 is 4.60. The van der Waals surface area contributed by atoms with Gasteiger partial charge in [-0.05, 0) is 44.5 Å². The standard InChI is InChI=1S/C13H16ClNO3/c1-8-7-9(14)5-6-10(8)15-11(16)13(2,3)12(17)18-4/h5-7H,1-4H3,(H,15,16). The van der Waals surface area contributed by atoms with Gasteiger partial charge in [-0.3, -0.25) is 9.59 Å². The van der Waals surface area contributed by atoms with Crippen molar-refractivity contribution in [3.05, 3.63) is 28.8 Å². The summed E-state index contributed by atoms with van der Waals surface area (Å²) >= 11 is 5.83. The van der Waals surface area contributed by atoms with Crippen LogP contribution in [0.3, 0.4) is 0 Å². The molecule has 0 aliphatic carbocycles. The summed E-state index contributed by atoms with van der Waals surface area (Å²) in [6.45, 7) is 4.85. The molecule has 0 spiro atoms. The van der Waals surface area contributed by atoms with Crippen LogP contribution >= 0.6 is 11.6 Å². The Balaban J connectivity index is 2.91. The van der Waals surface area contributed by atoms with Crippen molar-refractivity contribution in [3.8, 4) is 0 Å². The molecule has 18 heavy (non-hydrogen) atoms. The number of rotatable bonds is 3. The minimum absolute atomic E-state index is 0.417. The van der Waals surface area contributed by atoms with Crippen LogP contribution in [0.2, 0.25) is 5.02 Å². The normalized spacial score (nSPS) is 10.9. The van der Waals surface area contributed by atoms with E-state index in [9.17, 15) is 9.59 Å². The topological polar surface area (TPSA) is 55.4 Å². The number of ether oxygens (including phenoxy) is 1. The third kappa shape index (κ3) is 3.01. The minimum Gasteiger partial charge on any atom is -0.468 e. The number of halogens is 1. The maximum atomic E-state index is 12.0. The summed E-state index contributed by atoms with van der Waals surface area (Å²) in [7, 11) is 1.25. The van der Waals surface area contributed by atoms with Gasteiger partial charge in [-0.25, -0.2) is 0 Å². The zero-order valence-corrected chi connectivity index (χ0v) is 11.6. The third-order valence-corrected chi connectivity index (χ3v) is 2.94. The number of methoxy groups -OCH3 is 1. The van der Waals surface area contributed by atoms with Gasteiger partial charge in [-0.1, -0.05) is 11.6 Å². The molecule has 0 fully saturated rings. The Bertz CT molecular complexity index is 483. The zero-order valence-electron chi connectivity index (χ0n) is 10.8. The maximum absolute atomic E-state index is 12.0. The van der Waals surface area contributed by atoms with Crippen LogP contribution < -0.4 is 5.32 Å². The number of nitrogens with one attached hydrogen (secondary N) is 1. The quantitative estimate of drug-likeness (QED) is 0.678. The summed E-state index contributed by atoms with van der Waals surface area (Å²) in [4.78, 5) is 23.5. The van der Waals surface area contributed by atoms with Crippen LogP contribution in [-0.2, 0) is 14.3 Å². The average Bonchev–Trinajstić information content (AvgIpc) is 2.31. The van der Waals surface area contributed by atoms with Crippen LogP contribution in [0.5, 0.6) is 0 Å². The molecule has 98 valence electrons. The fourth-order valence-corrected chi connectivity index (χ4v) is 1.62. The van der Waals surface area contributed by atoms with E-state index in [4.69, 9.17) is 11.6 Å². The molecule has 1 N–H and O–H groups in total. The molecule has 0 aliphatic heterocycles. The molecule has 0 bridgehead atoms. The number of aryl methyl sites for hydroxylation is 1. The van der Waals surface area contributed by atoms with E-state index in [1.165, 1.54) is 21.0 Å². The second kappa shape index (κ2) is 5.40. The van der Waals surface area contributed by atoms with Gasteiger partial charge in [0.25, 0.3) is 0 Å². The number of hydrogen-bond donors (Lipinski definition) is 1. The first-order valence-electron chi connectivity index (χ1n) is 5.45. The van der Waals surface area contributed by atoms with Crippen LogP contribution in [0, 0.1) is 12.3 Å². The fourth-order valence-electron chi connectivity index (χ4n) is 1.39. The van der Waals surface area contributed by atoms with Crippen molar-refractivity contribution in [1.29, 1.82) is 0 Å². The van der Waals surface area contributed by atoms with Gasteiger partial charge in [0.15, 0.2) is 0 Å². The minimum atomic E-state index is -1.24. The Morgan fingerprint density at radius 2 is 1.94 bits per heavy atom. The van der Waals surface area contributed by atoms with E-state index in [1.54, 1.807) is 18.2 Å². The molecule has 1 rings (SSSR count). The lowest BCUT2D eigenvalue weighted by atomic mass is 9.92. The van der Waals surface area contributed by atoms with Gasteiger partial charge in [0, 0.05) is 10.7 Å². The summed E-state index contributed by atoms with van der Waals surface area (Å²) in [6, 6.07) is 5.11. The Labute approximate surface area is 111 Å². The lowest BCUT2D eigenvalue weighted by Gasteiger charge is -2.21. The van der Waals surface area contributed by atoms with E-state index >= 15 is 0 Å². The molecule has 0 heterocycles. The summed E-state index contributed by atoms with van der Waals surface area (Å²) in [5.74, 6) is -0.994. The summed E-state index contributed by atoms with van der Waals surface area (Å²) in [5, 5.41) is 3.29. The first-order valence-corrected chi connectivity index (χ1v) is 5.83. The van der Waals surface area contributed by atoms with Crippen molar-refractivity contribution >= 4 is 29.2 Å². The smallest absolute Gasteiger partial charge is 0.320 e. The molecule has 0 aliphatic rings. The van der Waals surface area contributed by atoms with Gasteiger partial charge in [0.1, 0.15) is 5.41 Å². The lowest BCUT2D eigenvalue weighted by molar-refractivity contribution is -0.154. The lowest BCUT2D eigenvalue weighted by Crippen LogP contribution is -2.38. The molecule has 1 aromatic rings. The SMILES string of the molecule is COC(=O)C(C)(C)C(=O)Nc1ccc(Cl)cc1C. The number of esters is 1. The maximum Gasteiger partial charge on any atom is 0.320 e. The number of amides is 1. The molecule has 0 atom stereocenters. The highest BCUT2D eigenvalue weighted by Gasteiger charge is 2.37.